The predicted octanol–water partition coefficient (Wildman–Crippen LogP) is 2.66. The van der Waals surface area contributed by atoms with E-state index < -0.39 is 0 Å². The molecule has 0 spiro atoms. The van der Waals surface area contributed by atoms with E-state index in [9.17, 15) is 0 Å². The predicted molar refractivity (Wildman–Crippen MR) is 53.6 cm³/mol. The van der Waals surface area contributed by atoms with Gasteiger partial charge in [0.05, 0.1) is 6.10 Å². The summed E-state index contributed by atoms with van der Waals surface area (Å²) in [6, 6.07) is 0. The van der Waals surface area contributed by atoms with Gasteiger partial charge in [0.25, 0.3) is 0 Å². The van der Waals surface area contributed by atoms with Crippen LogP contribution in [0.1, 0.15) is 35.5 Å². The zero-order chi connectivity index (χ0) is 7.82. The summed E-state index contributed by atoms with van der Waals surface area (Å²) in [5, 5.41) is 0. The summed E-state index contributed by atoms with van der Waals surface area (Å²) in [6.45, 7) is 2.15. The zero-order valence-corrected chi connectivity index (χ0v) is 9.78. The fourth-order valence-electron chi connectivity index (χ4n) is 0.955. The Hall–Kier alpha value is 1.02. The summed E-state index contributed by atoms with van der Waals surface area (Å²) in [5.74, 6) is 0.778. The molecule has 0 radical (unpaired) electrons. The molecule has 0 amide bonds. The fourth-order valence-corrected chi connectivity index (χ4v) is 1.14. The standard InChI is InChI=1S/C8H17ClO.Mg.2H/c1-3-8(10-2)6-4-5-7-9;;;/h8H,3-7H2,1-2H3;;;/q;+2;2*-1. The average molecular weight is 191 g/mol. The molecule has 3 heteroatoms. The van der Waals surface area contributed by atoms with Crippen LogP contribution < -0.4 is 0 Å². The minimum atomic E-state index is 0. The fraction of sp³-hybridized carbons (Fsp3) is 1.00. The number of unbranched alkanes of at least 4 members (excludes halogenated alkanes) is 1. The van der Waals surface area contributed by atoms with Crippen molar-refractivity contribution in [3.8, 4) is 0 Å². The van der Waals surface area contributed by atoms with E-state index in [0.717, 1.165) is 25.1 Å². The van der Waals surface area contributed by atoms with Crippen molar-refractivity contribution in [3.05, 3.63) is 0 Å². The Balaban J connectivity index is -0.000000135. The largest absolute Gasteiger partial charge is 2.00 e. The molecule has 1 nitrogen and oxygen atoms in total. The first-order valence-electron chi connectivity index (χ1n) is 3.93. The third-order valence-corrected chi connectivity index (χ3v) is 1.97. The van der Waals surface area contributed by atoms with Crippen LogP contribution in [-0.4, -0.2) is 42.1 Å². The van der Waals surface area contributed by atoms with E-state index in [0.29, 0.717) is 6.10 Å². The van der Waals surface area contributed by atoms with Crippen LogP contribution in [0.2, 0.25) is 0 Å². The minimum absolute atomic E-state index is 0. The van der Waals surface area contributed by atoms with Crippen molar-refractivity contribution in [2.45, 2.75) is 38.7 Å². The molecule has 66 valence electrons. The number of hydrogen-bond acceptors (Lipinski definition) is 1. The van der Waals surface area contributed by atoms with Crippen molar-refractivity contribution < 1.29 is 7.59 Å². The Morgan fingerprint density at radius 1 is 1.45 bits per heavy atom. The maximum Gasteiger partial charge on any atom is 2.00 e. The molecule has 0 N–H and O–H groups in total. The number of alkyl halides is 1. The van der Waals surface area contributed by atoms with Crippen LogP contribution in [-0.2, 0) is 4.74 Å². The van der Waals surface area contributed by atoms with Crippen LogP contribution in [0.15, 0.2) is 0 Å². The number of methoxy groups -OCH3 is 1. The van der Waals surface area contributed by atoms with E-state index in [2.05, 4.69) is 6.92 Å². The molecular weight excluding hydrogens is 172 g/mol. The van der Waals surface area contributed by atoms with Gasteiger partial charge < -0.3 is 7.59 Å². The number of halogens is 1. The van der Waals surface area contributed by atoms with E-state index >= 15 is 0 Å². The van der Waals surface area contributed by atoms with E-state index in [1.54, 1.807) is 7.11 Å². The molecule has 0 bridgehead atoms. The molecular formula is C8H19ClMgO. The molecule has 0 aromatic heterocycles. The molecule has 0 aliphatic heterocycles. The second kappa shape index (κ2) is 11.0. The summed E-state index contributed by atoms with van der Waals surface area (Å²) < 4.78 is 5.20. The van der Waals surface area contributed by atoms with Gasteiger partial charge in [0.2, 0.25) is 0 Å². The second-order valence-electron chi connectivity index (χ2n) is 2.45. The first-order valence-corrected chi connectivity index (χ1v) is 4.47. The minimum Gasteiger partial charge on any atom is -1.00 e. The van der Waals surface area contributed by atoms with Crippen LogP contribution in [0.25, 0.3) is 0 Å². The van der Waals surface area contributed by atoms with Crippen LogP contribution in [0.5, 0.6) is 0 Å². The SMILES string of the molecule is CCC(CCCCCl)OC.[H-].[H-].[Mg+2]. The number of ether oxygens (including phenoxy) is 1. The van der Waals surface area contributed by atoms with Gasteiger partial charge >= 0.3 is 23.1 Å². The zero-order valence-electron chi connectivity index (χ0n) is 9.61. The van der Waals surface area contributed by atoms with Crippen LogP contribution >= 0.6 is 11.6 Å². The van der Waals surface area contributed by atoms with Crippen molar-refractivity contribution in [1.29, 1.82) is 0 Å². The van der Waals surface area contributed by atoms with Crippen LogP contribution in [0, 0.1) is 0 Å². The Labute approximate surface area is 94.0 Å². The molecule has 0 heterocycles. The van der Waals surface area contributed by atoms with Gasteiger partial charge in [-0.05, 0) is 25.7 Å². The second-order valence-corrected chi connectivity index (χ2v) is 2.83. The number of hydrogen-bond donors (Lipinski definition) is 0. The Kier molecular flexibility index (Phi) is 14.6. The number of rotatable bonds is 6. The molecule has 0 saturated heterocycles. The molecule has 1 unspecified atom stereocenters. The summed E-state index contributed by atoms with van der Waals surface area (Å²) in [4.78, 5) is 0. The van der Waals surface area contributed by atoms with Crippen molar-refractivity contribution in [3.63, 3.8) is 0 Å². The molecule has 0 saturated carbocycles. The van der Waals surface area contributed by atoms with E-state index in [-0.39, 0.29) is 25.9 Å². The van der Waals surface area contributed by atoms with Gasteiger partial charge in [-0.25, -0.2) is 0 Å². The van der Waals surface area contributed by atoms with Crippen LogP contribution in [0.3, 0.4) is 0 Å². The summed E-state index contributed by atoms with van der Waals surface area (Å²) in [6.07, 6.45) is 5.01. The maximum absolute atomic E-state index is 5.53. The molecule has 0 aliphatic rings. The third-order valence-electron chi connectivity index (χ3n) is 1.70. The van der Waals surface area contributed by atoms with Gasteiger partial charge in [-0.3, -0.25) is 0 Å². The molecule has 0 aromatic rings. The Morgan fingerprint density at radius 3 is 2.45 bits per heavy atom. The third kappa shape index (κ3) is 8.93. The molecule has 0 rings (SSSR count). The summed E-state index contributed by atoms with van der Waals surface area (Å²) in [7, 11) is 1.77. The molecule has 1 atom stereocenters. The van der Waals surface area contributed by atoms with Gasteiger partial charge in [-0.15, -0.1) is 11.6 Å². The van der Waals surface area contributed by atoms with E-state index in [1.807, 2.05) is 0 Å². The normalized spacial score (nSPS) is 12.3. The summed E-state index contributed by atoms with van der Waals surface area (Å²) in [5.41, 5.74) is 0. The van der Waals surface area contributed by atoms with E-state index in [1.165, 1.54) is 6.42 Å². The Bertz CT molecular complexity index is 75.2. The quantitative estimate of drug-likeness (QED) is 0.356. The molecule has 11 heavy (non-hydrogen) atoms. The molecule has 0 aliphatic carbocycles. The molecule has 0 fully saturated rings. The first kappa shape index (κ1) is 14.5. The van der Waals surface area contributed by atoms with Gasteiger partial charge in [-0.1, -0.05) is 6.92 Å². The average Bonchev–Trinajstić information content (AvgIpc) is 1.99. The van der Waals surface area contributed by atoms with Gasteiger partial charge in [-0.2, -0.15) is 0 Å². The van der Waals surface area contributed by atoms with Crippen LogP contribution in [0.4, 0.5) is 0 Å². The van der Waals surface area contributed by atoms with Crippen molar-refractivity contribution >= 4 is 34.7 Å². The van der Waals surface area contributed by atoms with Crippen molar-refractivity contribution in [1.82, 2.24) is 0 Å². The van der Waals surface area contributed by atoms with E-state index in [4.69, 9.17) is 16.3 Å². The monoisotopic (exact) mass is 190 g/mol. The topological polar surface area (TPSA) is 9.23 Å². The van der Waals surface area contributed by atoms with Crippen molar-refractivity contribution in [2.24, 2.45) is 0 Å². The van der Waals surface area contributed by atoms with Gasteiger partial charge in [0, 0.05) is 13.0 Å². The smallest absolute Gasteiger partial charge is 1.00 e. The van der Waals surface area contributed by atoms with Gasteiger partial charge in [0.15, 0.2) is 0 Å². The summed E-state index contributed by atoms with van der Waals surface area (Å²) >= 11 is 5.53. The van der Waals surface area contributed by atoms with Crippen molar-refractivity contribution in [2.75, 3.05) is 13.0 Å². The molecule has 0 aromatic carbocycles. The first-order chi connectivity index (χ1) is 4.85. The maximum atomic E-state index is 5.53. The Morgan fingerprint density at radius 2 is 2.09 bits per heavy atom. The van der Waals surface area contributed by atoms with Gasteiger partial charge in [0.1, 0.15) is 0 Å².